The van der Waals surface area contributed by atoms with E-state index in [0.29, 0.717) is 30.6 Å². The van der Waals surface area contributed by atoms with Gasteiger partial charge >= 0.3 is 0 Å². The van der Waals surface area contributed by atoms with Crippen LogP contribution >= 0.6 is 0 Å². The highest BCUT2D eigenvalue weighted by molar-refractivity contribution is 5.95. The van der Waals surface area contributed by atoms with Gasteiger partial charge in [0.2, 0.25) is 0 Å². The molecule has 1 amide bonds. The number of piperidine rings is 1. The summed E-state index contributed by atoms with van der Waals surface area (Å²) >= 11 is 0. The minimum atomic E-state index is 0.0588. The fourth-order valence-electron chi connectivity index (χ4n) is 4.97. The summed E-state index contributed by atoms with van der Waals surface area (Å²) in [6.07, 6.45) is 4.45. The molecule has 5 rings (SSSR count). The first-order valence-electron chi connectivity index (χ1n) is 10.7. The fraction of sp³-hybridized carbons (Fsp3) is 0.458. The number of carbonyl (C=O) groups is 1. The number of carbonyl (C=O) groups excluding carboxylic acids is 1. The lowest BCUT2D eigenvalue weighted by molar-refractivity contribution is 0.0554. The Kier molecular flexibility index (Phi) is 4.92. The lowest BCUT2D eigenvalue weighted by Gasteiger charge is -2.40. The second kappa shape index (κ2) is 7.71. The number of amides is 1. The van der Waals surface area contributed by atoms with Gasteiger partial charge in [-0.15, -0.1) is 0 Å². The second-order valence-electron chi connectivity index (χ2n) is 8.40. The maximum atomic E-state index is 13.1. The van der Waals surface area contributed by atoms with Crippen molar-refractivity contribution in [2.75, 3.05) is 33.4 Å². The summed E-state index contributed by atoms with van der Waals surface area (Å²) in [5.41, 5.74) is 3.64. The summed E-state index contributed by atoms with van der Waals surface area (Å²) in [4.78, 5) is 17.7. The molecule has 1 saturated heterocycles. The van der Waals surface area contributed by atoms with E-state index in [1.165, 1.54) is 11.1 Å². The minimum absolute atomic E-state index is 0.0588. The van der Waals surface area contributed by atoms with Crippen molar-refractivity contribution in [3.63, 3.8) is 0 Å². The van der Waals surface area contributed by atoms with Gasteiger partial charge in [0.25, 0.3) is 5.91 Å². The molecule has 0 aromatic heterocycles. The van der Waals surface area contributed by atoms with Crippen LogP contribution in [0.1, 0.15) is 34.3 Å². The van der Waals surface area contributed by atoms with E-state index in [1.807, 2.05) is 30.1 Å². The third-order valence-corrected chi connectivity index (χ3v) is 6.63. The standard InChI is InChI=1S/C24H28N2O3/c1-25(24(27)19-8-9-22-23(15-19)29-12-11-28-22)20-7-4-10-26(16-20)21-13-17-5-2-3-6-18(17)14-21/h2-3,5-6,8-9,15,20-21H,4,7,10-14,16H2,1H3. The molecule has 29 heavy (non-hydrogen) atoms. The van der Waals surface area contributed by atoms with E-state index in [9.17, 15) is 4.79 Å². The largest absolute Gasteiger partial charge is 0.486 e. The third-order valence-electron chi connectivity index (χ3n) is 6.63. The normalized spacial score (nSPS) is 21.6. The van der Waals surface area contributed by atoms with E-state index in [0.717, 1.165) is 44.5 Å². The van der Waals surface area contributed by atoms with Crippen molar-refractivity contribution in [3.05, 3.63) is 59.2 Å². The van der Waals surface area contributed by atoms with E-state index < -0.39 is 0 Å². The molecule has 0 bridgehead atoms. The van der Waals surface area contributed by atoms with Crippen molar-refractivity contribution < 1.29 is 14.3 Å². The molecule has 1 fully saturated rings. The summed E-state index contributed by atoms with van der Waals surface area (Å²) in [5, 5.41) is 0. The predicted octanol–water partition coefficient (Wildman–Crippen LogP) is 3.16. The van der Waals surface area contributed by atoms with Crippen molar-refractivity contribution in [3.8, 4) is 11.5 Å². The summed E-state index contributed by atoms with van der Waals surface area (Å²) in [5.74, 6) is 1.45. The average molecular weight is 392 g/mol. The lowest BCUT2D eigenvalue weighted by Crippen LogP contribution is -2.51. The van der Waals surface area contributed by atoms with Gasteiger partial charge in [-0.05, 0) is 61.6 Å². The molecule has 0 saturated carbocycles. The molecule has 0 N–H and O–H groups in total. The molecule has 2 aromatic carbocycles. The van der Waals surface area contributed by atoms with Crippen molar-refractivity contribution in [2.24, 2.45) is 0 Å². The first-order chi connectivity index (χ1) is 14.2. The van der Waals surface area contributed by atoms with E-state index in [-0.39, 0.29) is 11.9 Å². The number of ether oxygens (including phenoxy) is 2. The van der Waals surface area contributed by atoms with E-state index >= 15 is 0 Å². The van der Waals surface area contributed by atoms with Gasteiger partial charge in [-0.25, -0.2) is 0 Å². The molecule has 5 nitrogen and oxygen atoms in total. The molecule has 152 valence electrons. The van der Waals surface area contributed by atoms with Crippen molar-refractivity contribution in [1.82, 2.24) is 9.80 Å². The molecule has 1 atom stereocenters. The van der Waals surface area contributed by atoms with Crippen LogP contribution in [0.4, 0.5) is 0 Å². The van der Waals surface area contributed by atoms with E-state index in [4.69, 9.17) is 9.47 Å². The first kappa shape index (κ1) is 18.5. The number of benzene rings is 2. The van der Waals surface area contributed by atoms with Crippen LogP contribution in [0.2, 0.25) is 0 Å². The van der Waals surface area contributed by atoms with Gasteiger partial charge in [-0.2, -0.15) is 0 Å². The summed E-state index contributed by atoms with van der Waals surface area (Å²) in [6, 6.07) is 15.1. The van der Waals surface area contributed by atoms with Gasteiger partial charge in [0.15, 0.2) is 11.5 Å². The molecule has 2 aromatic rings. The number of likely N-dealkylation sites (N-methyl/N-ethyl adjacent to an activating group) is 1. The smallest absolute Gasteiger partial charge is 0.254 e. The highest BCUT2D eigenvalue weighted by Gasteiger charge is 2.33. The van der Waals surface area contributed by atoms with Crippen molar-refractivity contribution >= 4 is 5.91 Å². The van der Waals surface area contributed by atoms with Gasteiger partial charge in [-0.1, -0.05) is 24.3 Å². The Hall–Kier alpha value is -2.53. The highest BCUT2D eigenvalue weighted by atomic mass is 16.6. The fourth-order valence-corrected chi connectivity index (χ4v) is 4.97. The number of likely N-dealkylation sites (tertiary alicyclic amines) is 1. The maximum absolute atomic E-state index is 13.1. The van der Waals surface area contributed by atoms with Crippen LogP contribution < -0.4 is 9.47 Å². The predicted molar refractivity (Wildman–Crippen MR) is 112 cm³/mol. The molecule has 2 aliphatic heterocycles. The van der Waals surface area contributed by atoms with Crippen LogP contribution in [0.5, 0.6) is 11.5 Å². The number of fused-ring (bicyclic) bond motifs is 2. The molecule has 2 heterocycles. The SMILES string of the molecule is CN(C(=O)c1ccc2c(c1)OCCO2)C1CCCN(C2Cc3ccccc3C2)C1. The van der Waals surface area contributed by atoms with Crippen LogP contribution in [-0.4, -0.2) is 61.1 Å². The Morgan fingerprint density at radius 1 is 1.03 bits per heavy atom. The van der Waals surface area contributed by atoms with Crippen LogP contribution in [0.3, 0.4) is 0 Å². The molecule has 0 spiro atoms. The number of nitrogens with zero attached hydrogens (tertiary/aromatic N) is 2. The van der Waals surface area contributed by atoms with Gasteiger partial charge in [0, 0.05) is 31.2 Å². The zero-order valence-electron chi connectivity index (χ0n) is 17.0. The Labute approximate surface area is 172 Å². The topological polar surface area (TPSA) is 42.0 Å². The minimum Gasteiger partial charge on any atom is -0.486 e. The number of rotatable bonds is 3. The molecular formula is C24H28N2O3. The zero-order valence-corrected chi connectivity index (χ0v) is 17.0. The zero-order chi connectivity index (χ0) is 19.8. The summed E-state index contributed by atoms with van der Waals surface area (Å²) in [7, 11) is 1.94. The molecule has 1 aliphatic carbocycles. The highest BCUT2D eigenvalue weighted by Crippen LogP contribution is 2.32. The number of hydrogen-bond acceptors (Lipinski definition) is 4. The molecule has 1 unspecified atom stereocenters. The Morgan fingerprint density at radius 2 is 1.76 bits per heavy atom. The van der Waals surface area contributed by atoms with Gasteiger partial charge in [0.05, 0.1) is 0 Å². The molecule has 3 aliphatic rings. The number of hydrogen-bond donors (Lipinski definition) is 0. The summed E-state index contributed by atoms with van der Waals surface area (Å²) in [6.45, 7) is 3.16. The third kappa shape index (κ3) is 3.60. The Bertz CT molecular complexity index is 888. The van der Waals surface area contributed by atoms with Crippen LogP contribution in [0.15, 0.2) is 42.5 Å². The molecular weight excluding hydrogens is 364 g/mol. The lowest BCUT2D eigenvalue weighted by atomic mass is 10.0. The van der Waals surface area contributed by atoms with Gasteiger partial charge in [-0.3, -0.25) is 9.69 Å². The monoisotopic (exact) mass is 392 g/mol. The van der Waals surface area contributed by atoms with Gasteiger partial charge < -0.3 is 14.4 Å². The maximum Gasteiger partial charge on any atom is 0.254 e. The molecule has 0 radical (unpaired) electrons. The first-order valence-corrected chi connectivity index (χ1v) is 10.7. The van der Waals surface area contributed by atoms with Crippen molar-refractivity contribution in [2.45, 2.75) is 37.8 Å². The average Bonchev–Trinajstić information content (AvgIpc) is 3.22. The molecule has 5 heteroatoms. The van der Waals surface area contributed by atoms with E-state index in [1.54, 1.807) is 0 Å². The summed E-state index contributed by atoms with van der Waals surface area (Å²) < 4.78 is 11.2. The second-order valence-corrected chi connectivity index (χ2v) is 8.40. The quantitative estimate of drug-likeness (QED) is 0.805. The van der Waals surface area contributed by atoms with Crippen LogP contribution in [-0.2, 0) is 12.8 Å². The van der Waals surface area contributed by atoms with E-state index in [2.05, 4.69) is 29.2 Å². The Morgan fingerprint density at radius 3 is 2.52 bits per heavy atom. The van der Waals surface area contributed by atoms with Crippen molar-refractivity contribution in [1.29, 1.82) is 0 Å². The van der Waals surface area contributed by atoms with Crippen LogP contribution in [0.25, 0.3) is 0 Å². The van der Waals surface area contributed by atoms with Gasteiger partial charge in [0.1, 0.15) is 13.2 Å². The van der Waals surface area contributed by atoms with Crippen LogP contribution in [0, 0.1) is 0 Å². The Balaban J connectivity index is 1.26.